The molecule has 2 amide bonds. The van der Waals surface area contributed by atoms with Gasteiger partial charge in [0.1, 0.15) is 5.75 Å². The zero-order valence-corrected chi connectivity index (χ0v) is 14.5. The maximum Gasteiger partial charge on any atom is 0.573 e. The summed E-state index contributed by atoms with van der Waals surface area (Å²) >= 11 is 0. The van der Waals surface area contributed by atoms with Gasteiger partial charge in [-0.25, -0.2) is 5.06 Å². The molecule has 0 radical (unpaired) electrons. The Labute approximate surface area is 153 Å². The van der Waals surface area contributed by atoms with Gasteiger partial charge >= 0.3 is 6.36 Å². The van der Waals surface area contributed by atoms with Gasteiger partial charge in [-0.3, -0.25) is 14.4 Å². The molecule has 2 rings (SSSR count). The average molecular weight is 382 g/mol. The smallest absolute Gasteiger partial charge is 0.406 e. The van der Waals surface area contributed by atoms with Crippen molar-refractivity contribution in [1.82, 2.24) is 5.06 Å². The summed E-state index contributed by atoms with van der Waals surface area (Å²) in [4.78, 5) is 28.8. The van der Waals surface area contributed by atoms with E-state index in [0.29, 0.717) is 16.8 Å². The van der Waals surface area contributed by atoms with E-state index < -0.39 is 6.36 Å². The zero-order chi connectivity index (χ0) is 20.0. The maximum atomic E-state index is 12.1. The number of ether oxygens (including phenoxy) is 1. The average Bonchev–Trinajstić information content (AvgIpc) is 2.61. The third kappa shape index (κ3) is 6.30. The van der Waals surface area contributed by atoms with E-state index in [1.165, 1.54) is 38.4 Å². The van der Waals surface area contributed by atoms with Crippen molar-refractivity contribution < 1.29 is 32.3 Å². The van der Waals surface area contributed by atoms with Gasteiger partial charge in [0.15, 0.2) is 0 Å². The van der Waals surface area contributed by atoms with Crippen molar-refractivity contribution in [2.24, 2.45) is 0 Å². The molecule has 27 heavy (non-hydrogen) atoms. The van der Waals surface area contributed by atoms with Gasteiger partial charge in [0.2, 0.25) is 5.91 Å². The molecule has 0 spiro atoms. The van der Waals surface area contributed by atoms with E-state index in [2.05, 4.69) is 10.1 Å². The number of benzene rings is 2. The van der Waals surface area contributed by atoms with Crippen LogP contribution in [0.25, 0.3) is 0 Å². The van der Waals surface area contributed by atoms with Gasteiger partial charge in [0.25, 0.3) is 5.91 Å². The first-order chi connectivity index (χ1) is 12.7. The van der Waals surface area contributed by atoms with Crippen LogP contribution < -0.4 is 10.1 Å². The van der Waals surface area contributed by atoms with Crippen molar-refractivity contribution in [3.63, 3.8) is 0 Å². The lowest BCUT2D eigenvalue weighted by molar-refractivity contribution is -0.274. The highest BCUT2D eigenvalue weighted by Gasteiger charge is 2.30. The van der Waals surface area contributed by atoms with E-state index in [0.717, 1.165) is 17.2 Å². The predicted octanol–water partition coefficient (Wildman–Crippen LogP) is 3.40. The van der Waals surface area contributed by atoms with Crippen LogP contribution in [0.3, 0.4) is 0 Å². The van der Waals surface area contributed by atoms with Crippen LogP contribution in [0.4, 0.5) is 18.9 Å². The summed E-state index contributed by atoms with van der Waals surface area (Å²) in [7, 11) is 2.84. The van der Waals surface area contributed by atoms with Crippen LogP contribution >= 0.6 is 0 Å². The van der Waals surface area contributed by atoms with E-state index in [1.54, 1.807) is 12.1 Å². The molecule has 9 heteroatoms. The Kier molecular flexibility index (Phi) is 6.40. The molecule has 0 saturated heterocycles. The third-order valence-electron chi connectivity index (χ3n) is 3.50. The molecule has 0 aromatic heterocycles. The van der Waals surface area contributed by atoms with Gasteiger partial charge in [-0.1, -0.05) is 12.1 Å². The Balaban J connectivity index is 1.93. The van der Waals surface area contributed by atoms with E-state index in [-0.39, 0.29) is 24.0 Å². The Morgan fingerprint density at radius 1 is 1.04 bits per heavy atom. The standard InChI is InChI=1S/C18H17F3N2O4/c1-23(26-2)17(25)13-5-7-14(8-6-13)22-16(24)11-12-3-9-15(10-4-12)27-18(19,20)21/h3-10H,11H2,1-2H3,(H,22,24). The maximum absolute atomic E-state index is 12.1. The number of alkyl halides is 3. The minimum Gasteiger partial charge on any atom is -0.406 e. The number of nitrogens with zero attached hydrogens (tertiary/aromatic N) is 1. The number of hydrogen-bond donors (Lipinski definition) is 1. The summed E-state index contributed by atoms with van der Waals surface area (Å²) in [6.07, 6.45) is -4.79. The normalized spacial score (nSPS) is 11.0. The van der Waals surface area contributed by atoms with Gasteiger partial charge in [-0.05, 0) is 42.0 Å². The number of amides is 2. The van der Waals surface area contributed by atoms with Gasteiger partial charge in [-0.15, -0.1) is 13.2 Å². The topological polar surface area (TPSA) is 67.9 Å². The minimum absolute atomic E-state index is 0.0284. The van der Waals surface area contributed by atoms with E-state index in [1.807, 2.05) is 0 Å². The molecule has 144 valence electrons. The van der Waals surface area contributed by atoms with Crippen molar-refractivity contribution in [3.8, 4) is 5.75 Å². The van der Waals surface area contributed by atoms with Crippen molar-refractivity contribution in [2.45, 2.75) is 12.8 Å². The van der Waals surface area contributed by atoms with Crippen LogP contribution in [0.5, 0.6) is 5.75 Å². The Morgan fingerprint density at radius 2 is 1.63 bits per heavy atom. The van der Waals surface area contributed by atoms with Crippen LogP contribution in [0.1, 0.15) is 15.9 Å². The van der Waals surface area contributed by atoms with Crippen LogP contribution in [-0.4, -0.2) is 37.4 Å². The number of rotatable bonds is 6. The second-order valence-corrected chi connectivity index (χ2v) is 5.48. The third-order valence-corrected chi connectivity index (χ3v) is 3.50. The largest absolute Gasteiger partial charge is 0.573 e. The van der Waals surface area contributed by atoms with E-state index in [9.17, 15) is 22.8 Å². The van der Waals surface area contributed by atoms with E-state index >= 15 is 0 Å². The first-order valence-electron chi connectivity index (χ1n) is 7.74. The first-order valence-corrected chi connectivity index (χ1v) is 7.74. The lowest BCUT2D eigenvalue weighted by Crippen LogP contribution is -2.25. The van der Waals surface area contributed by atoms with Crippen molar-refractivity contribution >= 4 is 17.5 Å². The molecular weight excluding hydrogens is 365 g/mol. The van der Waals surface area contributed by atoms with Gasteiger partial charge < -0.3 is 10.1 Å². The molecule has 6 nitrogen and oxygen atoms in total. The van der Waals surface area contributed by atoms with Gasteiger partial charge in [-0.2, -0.15) is 0 Å². The minimum atomic E-state index is -4.76. The summed E-state index contributed by atoms with van der Waals surface area (Å²) in [5, 5.41) is 3.72. The second-order valence-electron chi connectivity index (χ2n) is 5.48. The van der Waals surface area contributed by atoms with Crippen LogP contribution in [-0.2, 0) is 16.1 Å². The molecule has 0 aliphatic rings. The molecule has 1 N–H and O–H groups in total. The van der Waals surface area contributed by atoms with Gasteiger partial charge in [0.05, 0.1) is 13.5 Å². The Hall–Kier alpha value is -3.07. The summed E-state index contributed by atoms with van der Waals surface area (Å²) in [6.45, 7) is 0. The molecular formula is C18H17F3N2O4. The van der Waals surface area contributed by atoms with Gasteiger partial charge in [0, 0.05) is 18.3 Å². The summed E-state index contributed by atoms with van der Waals surface area (Å²) in [5.41, 5.74) is 1.39. The molecule has 0 saturated carbocycles. The second kappa shape index (κ2) is 8.54. The highest BCUT2D eigenvalue weighted by atomic mass is 19.4. The van der Waals surface area contributed by atoms with Crippen molar-refractivity contribution in [1.29, 1.82) is 0 Å². The summed E-state index contributed by atoms with van der Waals surface area (Å²) in [5.74, 6) is -1.04. The number of halogens is 3. The quantitative estimate of drug-likeness (QED) is 0.778. The molecule has 0 fully saturated rings. The summed E-state index contributed by atoms with van der Waals surface area (Å²) < 4.78 is 40.1. The molecule has 0 bridgehead atoms. The Bertz CT molecular complexity index is 790. The molecule has 0 unspecified atom stereocenters. The highest BCUT2D eigenvalue weighted by Crippen LogP contribution is 2.23. The fourth-order valence-electron chi connectivity index (χ4n) is 2.16. The van der Waals surface area contributed by atoms with Crippen molar-refractivity contribution in [3.05, 3.63) is 59.7 Å². The molecule has 2 aromatic rings. The zero-order valence-electron chi connectivity index (χ0n) is 14.5. The van der Waals surface area contributed by atoms with Crippen molar-refractivity contribution in [2.75, 3.05) is 19.5 Å². The number of carbonyl (C=O) groups is 2. The van der Waals surface area contributed by atoms with Crippen LogP contribution in [0, 0.1) is 0 Å². The van der Waals surface area contributed by atoms with Crippen LogP contribution in [0.15, 0.2) is 48.5 Å². The number of hydrogen-bond acceptors (Lipinski definition) is 4. The lowest BCUT2D eigenvalue weighted by Gasteiger charge is -2.13. The lowest BCUT2D eigenvalue weighted by atomic mass is 10.1. The number of hydroxylamine groups is 2. The molecule has 0 atom stereocenters. The molecule has 2 aromatic carbocycles. The summed E-state index contributed by atoms with van der Waals surface area (Å²) in [6, 6.07) is 11.2. The van der Waals surface area contributed by atoms with E-state index in [4.69, 9.17) is 4.84 Å². The highest BCUT2D eigenvalue weighted by molar-refractivity contribution is 5.95. The first kappa shape index (κ1) is 20.2. The molecule has 0 aliphatic heterocycles. The fraction of sp³-hybridized carbons (Fsp3) is 0.222. The number of nitrogens with one attached hydrogen (secondary N) is 1. The monoisotopic (exact) mass is 382 g/mol. The number of anilines is 1. The molecule has 0 heterocycles. The van der Waals surface area contributed by atoms with Crippen LogP contribution in [0.2, 0.25) is 0 Å². The Morgan fingerprint density at radius 3 is 2.15 bits per heavy atom. The SMILES string of the molecule is CON(C)C(=O)c1ccc(NC(=O)Cc2ccc(OC(F)(F)F)cc2)cc1. The number of carbonyl (C=O) groups excluding carboxylic acids is 2. The molecule has 0 aliphatic carbocycles. The predicted molar refractivity (Wildman–Crippen MR) is 91.0 cm³/mol. The fourth-order valence-corrected chi connectivity index (χ4v) is 2.16.